The Bertz CT molecular complexity index is 568. The molecule has 1 aliphatic heterocycles. The van der Waals surface area contributed by atoms with E-state index < -0.39 is 5.97 Å². The van der Waals surface area contributed by atoms with E-state index in [0.29, 0.717) is 18.3 Å². The van der Waals surface area contributed by atoms with Crippen molar-refractivity contribution < 1.29 is 14.7 Å². The third kappa shape index (κ3) is 3.51. The highest BCUT2D eigenvalue weighted by atomic mass is 32.1. The number of likely N-dealkylation sites (tertiary alicyclic amines) is 1. The minimum absolute atomic E-state index is 0.163. The normalized spacial score (nSPS) is 27.7. The summed E-state index contributed by atoms with van der Waals surface area (Å²) in [6.45, 7) is 3.69. The SMILES string of the molecule is Cc1ccc([C@@H]2C[C@H]2C(=O)N2CCC[C@@H](CCC(=O)O)C2)s1. The third-order valence-electron chi connectivity index (χ3n) is 4.83. The van der Waals surface area contributed by atoms with Crippen LogP contribution in [0.25, 0.3) is 0 Å². The Morgan fingerprint density at radius 1 is 1.41 bits per heavy atom. The van der Waals surface area contributed by atoms with E-state index in [1.54, 1.807) is 11.3 Å². The maximum absolute atomic E-state index is 12.6. The minimum Gasteiger partial charge on any atom is -0.481 e. The van der Waals surface area contributed by atoms with Gasteiger partial charge in [-0.15, -0.1) is 11.3 Å². The number of thiophene rings is 1. The van der Waals surface area contributed by atoms with Crippen LogP contribution in [0.15, 0.2) is 12.1 Å². The largest absolute Gasteiger partial charge is 0.481 e. The molecule has 0 unspecified atom stereocenters. The lowest BCUT2D eigenvalue weighted by molar-refractivity contribution is -0.137. The molecule has 0 aromatic carbocycles. The number of rotatable bonds is 5. The number of aliphatic carboxylic acids is 1. The van der Waals surface area contributed by atoms with Gasteiger partial charge in [0.2, 0.25) is 5.91 Å². The van der Waals surface area contributed by atoms with Gasteiger partial charge in [-0.3, -0.25) is 9.59 Å². The van der Waals surface area contributed by atoms with Crippen molar-refractivity contribution in [2.45, 2.75) is 44.9 Å². The van der Waals surface area contributed by atoms with Crippen LogP contribution < -0.4 is 0 Å². The number of aryl methyl sites for hydroxylation is 1. The van der Waals surface area contributed by atoms with Crippen molar-refractivity contribution >= 4 is 23.2 Å². The number of nitrogens with zero attached hydrogens (tertiary/aromatic N) is 1. The molecule has 2 fully saturated rings. The van der Waals surface area contributed by atoms with E-state index >= 15 is 0 Å². The van der Waals surface area contributed by atoms with Crippen molar-refractivity contribution in [3.8, 4) is 0 Å². The van der Waals surface area contributed by atoms with Gasteiger partial charge in [-0.05, 0) is 50.7 Å². The first kappa shape index (κ1) is 15.5. The predicted octanol–water partition coefficient (Wildman–Crippen LogP) is 3.26. The Balaban J connectivity index is 1.53. The van der Waals surface area contributed by atoms with E-state index in [1.165, 1.54) is 9.75 Å². The number of carboxylic acids is 1. The Hall–Kier alpha value is -1.36. The molecule has 5 heteroatoms. The molecule has 1 saturated carbocycles. The number of carbonyl (C=O) groups excluding carboxylic acids is 1. The van der Waals surface area contributed by atoms with Gasteiger partial charge < -0.3 is 10.0 Å². The Morgan fingerprint density at radius 2 is 2.23 bits per heavy atom. The van der Waals surface area contributed by atoms with Crippen LogP contribution in [0.5, 0.6) is 0 Å². The quantitative estimate of drug-likeness (QED) is 0.905. The molecule has 0 spiro atoms. The second-order valence-corrected chi connectivity index (χ2v) is 7.94. The molecule has 120 valence electrons. The first-order valence-corrected chi connectivity index (χ1v) is 8.93. The number of piperidine rings is 1. The molecule has 2 heterocycles. The lowest BCUT2D eigenvalue weighted by Gasteiger charge is -2.33. The summed E-state index contributed by atoms with van der Waals surface area (Å²) in [5.74, 6) is 0.492. The van der Waals surface area contributed by atoms with Gasteiger partial charge in [-0.25, -0.2) is 0 Å². The highest BCUT2D eigenvalue weighted by Gasteiger charge is 2.46. The van der Waals surface area contributed by atoms with Gasteiger partial charge in [0.05, 0.1) is 0 Å². The summed E-state index contributed by atoms with van der Waals surface area (Å²) in [7, 11) is 0. The summed E-state index contributed by atoms with van der Waals surface area (Å²) in [6.07, 6.45) is 3.94. The average molecular weight is 321 g/mol. The molecule has 1 amide bonds. The minimum atomic E-state index is -0.737. The van der Waals surface area contributed by atoms with Crippen molar-refractivity contribution in [2.75, 3.05) is 13.1 Å². The summed E-state index contributed by atoms with van der Waals surface area (Å²) in [5.41, 5.74) is 0. The lowest BCUT2D eigenvalue weighted by atomic mass is 9.93. The van der Waals surface area contributed by atoms with E-state index in [0.717, 1.165) is 32.4 Å². The zero-order valence-corrected chi connectivity index (χ0v) is 13.8. The number of carboxylic acid groups (broad SMARTS) is 1. The van der Waals surface area contributed by atoms with Gasteiger partial charge in [-0.2, -0.15) is 0 Å². The van der Waals surface area contributed by atoms with E-state index in [1.807, 2.05) is 4.90 Å². The molecule has 0 radical (unpaired) electrons. The fourth-order valence-corrected chi connectivity index (χ4v) is 4.55. The summed E-state index contributed by atoms with van der Waals surface area (Å²) in [6, 6.07) is 4.28. The highest BCUT2D eigenvalue weighted by Crippen LogP contribution is 2.50. The van der Waals surface area contributed by atoms with Gasteiger partial charge in [0.1, 0.15) is 0 Å². The van der Waals surface area contributed by atoms with Crippen molar-refractivity contribution in [3.05, 3.63) is 21.9 Å². The molecule has 4 nitrogen and oxygen atoms in total. The van der Waals surface area contributed by atoms with Crippen molar-refractivity contribution in [2.24, 2.45) is 11.8 Å². The Labute approximate surface area is 135 Å². The van der Waals surface area contributed by atoms with E-state index in [9.17, 15) is 9.59 Å². The molecule has 0 bridgehead atoms. The number of hydrogen-bond donors (Lipinski definition) is 1. The lowest BCUT2D eigenvalue weighted by Crippen LogP contribution is -2.41. The van der Waals surface area contributed by atoms with Crippen molar-refractivity contribution in [1.82, 2.24) is 4.90 Å². The van der Waals surface area contributed by atoms with Crippen molar-refractivity contribution in [3.63, 3.8) is 0 Å². The monoisotopic (exact) mass is 321 g/mol. The van der Waals surface area contributed by atoms with Crippen molar-refractivity contribution in [1.29, 1.82) is 0 Å². The van der Waals surface area contributed by atoms with Gasteiger partial charge in [-0.1, -0.05) is 0 Å². The maximum Gasteiger partial charge on any atom is 0.303 e. The first-order chi connectivity index (χ1) is 10.5. The molecular weight excluding hydrogens is 298 g/mol. The fourth-order valence-electron chi connectivity index (χ4n) is 3.50. The molecular formula is C17H23NO3S. The van der Waals surface area contributed by atoms with Crippen LogP contribution in [0.4, 0.5) is 0 Å². The van der Waals surface area contributed by atoms with Crippen LogP contribution in [0, 0.1) is 18.8 Å². The van der Waals surface area contributed by atoms with Crippen LogP contribution >= 0.6 is 11.3 Å². The van der Waals surface area contributed by atoms with Gasteiger partial charge >= 0.3 is 5.97 Å². The Kier molecular flexibility index (Phi) is 4.52. The smallest absolute Gasteiger partial charge is 0.303 e. The van der Waals surface area contributed by atoms with E-state index in [4.69, 9.17) is 5.11 Å². The molecule has 1 N–H and O–H groups in total. The molecule has 3 atom stereocenters. The second kappa shape index (κ2) is 6.41. The van der Waals surface area contributed by atoms with Gasteiger partial charge in [0, 0.05) is 41.1 Å². The molecule has 22 heavy (non-hydrogen) atoms. The van der Waals surface area contributed by atoms with Crippen LogP contribution in [-0.4, -0.2) is 35.0 Å². The van der Waals surface area contributed by atoms with E-state index in [-0.39, 0.29) is 18.2 Å². The summed E-state index contributed by atoms with van der Waals surface area (Å²) < 4.78 is 0. The molecule has 3 rings (SSSR count). The fraction of sp³-hybridized carbons (Fsp3) is 0.647. The molecule has 1 aliphatic carbocycles. The molecule has 1 aromatic heterocycles. The maximum atomic E-state index is 12.6. The topological polar surface area (TPSA) is 57.6 Å². The van der Waals surface area contributed by atoms with Gasteiger partial charge in [0.25, 0.3) is 0 Å². The number of hydrogen-bond acceptors (Lipinski definition) is 3. The first-order valence-electron chi connectivity index (χ1n) is 8.11. The second-order valence-electron chi connectivity index (χ2n) is 6.62. The summed E-state index contributed by atoms with van der Waals surface area (Å²) >= 11 is 1.80. The standard InChI is InChI=1S/C17H23NO3S/c1-11-4-6-15(22-11)13-9-14(13)17(21)18-8-2-3-12(10-18)5-7-16(19)20/h4,6,12-14H,2-3,5,7-10H2,1H3,(H,19,20)/t12-,13+,14+/m0/s1. The molecule has 2 aliphatic rings. The van der Waals surface area contributed by atoms with E-state index in [2.05, 4.69) is 19.1 Å². The van der Waals surface area contributed by atoms with Gasteiger partial charge in [0.15, 0.2) is 0 Å². The third-order valence-corrected chi connectivity index (χ3v) is 5.96. The molecule has 1 saturated heterocycles. The summed E-state index contributed by atoms with van der Waals surface area (Å²) in [4.78, 5) is 28.0. The van der Waals surface area contributed by atoms with Crippen LogP contribution in [0.1, 0.15) is 47.8 Å². The highest BCUT2D eigenvalue weighted by molar-refractivity contribution is 7.12. The number of amides is 1. The molecule has 1 aromatic rings. The van der Waals surface area contributed by atoms with Crippen LogP contribution in [0.3, 0.4) is 0 Å². The number of carbonyl (C=O) groups is 2. The zero-order valence-electron chi connectivity index (χ0n) is 13.0. The summed E-state index contributed by atoms with van der Waals surface area (Å²) in [5, 5.41) is 8.80. The van der Waals surface area contributed by atoms with Crippen LogP contribution in [-0.2, 0) is 9.59 Å². The average Bonchev–Trinajstić information content (AvgIpc) is 3.19. The Morgan fingerprint density at radius 3 is 2.91 bits per heavy atom. The predicted molar refractivity (Wildman–Crippen MR) is 86.1 cm³/mol. The van der Waals surface area contributed by atoms with Crippen LogP contribution in [0.2, 0.25) is 0 Å². The zero-order chi connectivity index (χ0) is 15.7.